The summed E-state index contributed by atoms with van der Waals surface area (Å²) in [7, 11) is 0. The highest BCUT2D eigenvalue weighted by Crippen LogP contribution is 1.77. The molecule has 0 unspecified atom stereocenters. The average Bonchev–Trinajstić information content (AvgIpc) is 1.61. The van der Waals surface area contributed by atoms with E-state index < -0.39 is 0 Å². The Morgan fingerprint density at radius 2 is 2.43 bits per heavy atom. The van der Waals surface area contributed by atoms with Gasteiger partial charge in [-0.3, -0.25) is 10.0 Å². The predicted molar refractivity (Wildman–Crippen MR) is 24.1 cm³/mol. The van der Waals surface area contributed by atoms with Crippen molar-refractivity contribution >= 4 is 0 Å². The molecule has 0 amide bonds. The van der Waals surface area contributed by atoms with Crippen LogP contribution < -0.4 is 5.84 Å². The van der Waals surface area contributed by atoms with Crippen molar-refractivity contribution in [2.45, 2.75) is 13.3 Å². The maximum absolute atomic E-state index is 8.07. The molecular weight excluding hydrogens is 96.0 g/mol. The van der Waals surface area contributed by atoms with E-state index in [9.17, 15) is 0 Å². The van der Waals surface area contributed by atoms with Gasteiger partial charge in [0.15, 0.2) is 0 Å². The first kappa shape index (κ1) is 6.84. The smallest absolute Gasteiger partial charge is 0.0723 e. The first-order valence-electron chi connectivity index (χ1n) is 2.14. The summed E-state index contributed by atoms with van der Waals surface area (Å²) in [6.07, 6.45) is 0.842. The molecule has 44 valence electrons. The molecule has 0 aromatic rings. The van der Waals surface area contributed by atoms with Gasteiger partial charge in [-0.15, -0.1) is 0 Å². The number of nitrogens with zero attached hydrogens (tertiary/aromatic N) is 1. The molecule has 0 rings (SSSR count). The fraction of sp³-hybridized carbons (Fsp3) is 1.00. The zero-order chi connectivity index (χ0) is 5.70. The van der Waals surface area contributed by atoms with Gasteiger partial charge >= 0.3 is 0 Å². The van der Waals surface area contributed by atoms with Crippen molar-refractivity contribution in [3.8, 4) is 0 Å². The van der Waals surface area contributed by atoms with Gasteiger partial charge in [-0.2, -0.15) is 0 Å². The van der Waals surface area contributed by atoms with E-state index in [1.807, 2.05) is 6.92 Å². The Labute approximate surface area is 42.4 Å². The molecule has 0 heterocycles. The number of hydrogen-bond acceptors (Lipinski definition) is 4. The molecule has 0 aromatic heterocycles. The molecule has 0 aliphatic rings. The van der Waals surface area contributed by atoms with Gasteiger partial charge in [0.25, 0.3) is 0 Å². The van der Waals surface area contributed by atoms with Crippen molar-refractivity contribution < 1.29 is 10.0 Å². The number of hydrogen-bond donors (Lipinski definition) is 2. The molecule has 7 heavy (non-hydrogen) atoms. The Kier molecular flexibility index (Phi) is 3.92. The van der Waals surface area contributed by atoms with E-state index in [4.69, 9.17) is 5.21 Å². The van der Waals surface area contributed by atoms with Crippen LogP contribution in [0.5, 0.6) is 0 Å². The molecule has 3 N–H and O–H groups in total. The van der Waals surface area contributed by atoms with Crippen LogP contribution in [0, 0.1) is 0 Å². The minimum atomic E-state index is 0.212. The van der Waals surface area contributed by atoms with Crippen LogP contribution in [0.3, 0.4) is 0 Å². The molecule has 0 aliphatic heterocycles. The van der Waals surface area contributed by atoms with Gasteiger partial charge in [-0.1, -0.05) is 6.92 Å². The van der Waals surface area contributed by atoms with Crippen molar-refractivity contribution in [3.05, 3.63) is 0 Å². The Morgan fingerprint density at radius 1 is 1.86 bits per heavy atom. The Morgan fingerprint density at radius 3 is 2.57 bits per heavy atom. The molecule has 0 saturated carbocycles. The fourth-order valence-corrected chi connectivity index (χ4v) is 0.185. The van der Waals surface area contributed by atoms with Crippen molar-refractivity contribution in [2.24, 2.45) is 5.84 Å². The van der Waals surface area contributed by atoms with E-state index in [0.29, 0.717) is 6.61 Å². The zero-order valence-corrected chi connectivity index (χ0v) is 4.29. The summed E-state index contributed by atoms with van der Waals surface area (Å²) in [5, 5.41) is 8.28. The van der Waals surface area contributed by atoms with E-state index in [2.05, 4.69) is 10.7 Å². The molecule has 4 heteroatoms. The molecule has 0 aromatic carbocycles. The minimum Gasteiger partial charge on any atom is -0.276 e. The van der Waals surface area contributed by atoms with E-state index in [0.717, 1.165) is 6.42 Å². The monoisotopic (exact) mass is 106 g/mol. The molecule has 0 fully saturated rings. The summed E-state index contributed by atoms with van der Waals surface area (Å²) >= 11 is 0. The highest BCUT2D eigenvalue weighted by Gasteiger charge is 1.85. The largest absolute Gasteiger partial charge is 0.276 e. The molecule has 4 nitrogen and oxygen atoms in total. The highest BCUT2D eigenvalue weighted by molar-refractivity contribution is 4.15. The summed E-state index contributed by atoms with van der Waals surface area (Å²) in [4.78, 5) is 4.36. The van der Waals surface area contributed by atoms with Crippen LogP contribution in [0.4, 0.5) is 0 Å². The van der Waals surface area contributed by atoms with E-state index in [1.54, 1.807) is 0 Å². The lowest BCUT2D eigenvalue weighted by molar-refractivity contribution is -0.344. The SMILES string of the molecule is CCCON(N)O. The standard InChI is InChI=1S/C3H10N2O2/c1-2-3-7-5(4)6/h6H,2-4H2,1H3. The van der Waals surface area contributed by atoms with Gasteiger partial charge in [0.1, 0.15) is 0 Å². The minimum absolute atomic E-state index is 0.212. The second kappa shape index (κ2) is 4.01. The number of rotatable bonds is 3. The third kappa shape index (κ3) is 5.84. The molecule has 0 saturated heterocycles. The lowest BCUT2D eigenvalue weighted by atomic mass is 10.5. The van der Waals surface area contributed by atoms with Gasteiger partial charge in [-0.25, -0.2) is 5.84 Å². The average molecular weight is 106 g/mol. The molecule has 0 bridgehead atoms. The molecule has 0 spiro atoms. The quantitative estimate of drug-likeness (QED) is 0.389. The van der Waals surface area contributed by atoms with Gasteiger partial charge in [0, 0.05) is 5.34 Å². The van der Waals surface area contributed by atoms with Crippen molar-refractivity contribution in [2.75, 3.05) is 6.61 Å². The Balaban J connectivity index is 2.68. The second-order valence-corrected chi connectivity index (χ2v) is 1.14. The summed E-state index contributed by atoms with van der Waals surface area (Å²) in [5.74, 6) is 4.65. The van der Waals surface area contributed by atoms with E-state index in [-0.39, 0.29) is 5.34 Å². The van der Waals surface area contributed by atoms with Crippen LogP contribution in [0.1, 0.15) is 13.3 Å². The topological polar surface area (TPSA) is 58.7 Å². The van der Waals surface area contributed by atoms with Gasteiger partial charge in [0.2, 0.25) is 0 Å². The summed E-state index contributed by atoms with van der Waals surface area (Å²) < 4.78 is 0. The van der Waals surface area contributed by atoms with Crippen LogP contribution in [-0.2, 0) is 4.84 Å². The van der Waals surface area contributed by atoms with E-state index >= 15 is 0 Å². The fourth-order valence-electron chi connectivity index (χ4n) is 0.185. The van der Waals surface area contributed by atoms with Gasteiger partial charge in [0.05, 0.1) is 6.61 Å². The summed E-state index contributed by atoms with van der Waals surface area (Å²) in [5.41, 5.74) is 0. The number of hydrazine groups is 1. The van der Waals surface area contributed by atoms with Crippen molar-refractivity contribution in [3.63, 3.8) is 0 Å². The third-order valence-electron chi connectivity index (χ3n) is 0.428. The first-order valence-corrected chi connectivity index (χ1v) is 2.14. The highest BCUT2D eigenvalue weighted by atomic mass is 16.9. The normalized spacial score (nSPS) is 10.3. The number of nitrogens with two attached hydrogens (primary N) is 1. The van der Waals surface area contributed by atoms with Crippen LogP contribution in [0.15, 0.2) is 0 Å². The maximum Gasteiger partial charge on any atom is 0.0723 e. The van der Waals surface area contributed by atoms with Crippen LogP contribution in [0.25, 0.3) is 0 Å². The molecule has 0 aliphatic carbocycles. The lowest BCUT2D eigenvalue weighted by Crippen LogP contribution is -2.27. The first-order chi connectivity index (χ1) is 3.27. The predicted octanol–water partition coefficient (Wildman–Crippen LogP) is -0.107. The van der Waals surface area contributed by atoms with E-state index in [1.165, 1.54) is 0 Å². The summed E-state index contributed by atoms with van der Waals surface area (Å²) in [6, 6.07) is 0. The van der Waals surface area contributed by atoms with Gasteiger partial charge in [-0.05, 0) is 6.42 Å². The maximum atomic E-state index is 8.07. The molecular formula is C3H10N2O2. The lowest BCUT2D eigenvalue weighted by Gasteiger charge is -2.04. The third-order valence-corrected chi connectivity index (χ3v) is 0.428. The molecule has 0 atom stereocenters. The van der Waals surface area contributed by atoms with Crippen LogP contribution in [0.2, 0.25) is 0 Å². The van der Waals surface area contributed by atoms with Gasteiger partial charge < -0.3 is 0 Å². The van der Waals surface area contributed by atoms with Crippen LogP contribution >= 0.6 is 0 Å². The Bertz CT molecular complexity index is 39.9. The zero-order valence-electron chi connectivity index (χ0n) is 4.29. The van der Waals surface area contributed by atoms with Crippen LogP contribution in [-0.4, -0.2) is 17.1 Å². The molecule has 0 radical (unpaired) electrons. The Hall–Kier alpha value is -0.160. The van der Waals surface area contributed by atoms with Crippen molar-refractivity contribution in [1.82, 2.24) is 5.34 Å². The second-order valence-electron chi connectivity index (χ2n) is 1.14. The summed E-state index contributed by atoms with van der Waals surface area (Å²) in [6.45, 7) is 2.37. The van der Waals surface area contributed by atoms with Crippen molar-refractivity contribution in [1.29, 1.82) is 0 Å².